The highest BCUT2D eigenvalue weighted by atomic mass is 16.7. The molecule has 0 N–H and O–H groups in total. The first-order valence-electron chi connectivity index (χ1n) is 21.7. The lowest BCUT2D eigenvalue weighted by Crippen LogP contribution is -2.36. The van der Waals surface area contributed by atoms with Gasteiger partial charge in [-0.25, -0.2) is 38.4 Å². The summed E-state index contributed by atoms with van der Waals surface area (Å²) in [5.74, 6) is -3.35. The van der Waals surface area contributed by atoms with E-state index in [0.29, 0.717) is 25.7 Å². The van der Waals surface area contributed by atoms with Gasteiger partial charge in [0.25, 0.3) is 0 Å². The zero-order chi connectivity index (χ0) is 49.8. The van der Waals surface area contributed by atoms with Crippen molar-refractivity contribution in [2.75, 3.05) is 39.6 Å². The topological polar surface area (TPSA) is 247 Å². The summed E-state index contributed by atoms with van der Waals surface area (Å²) in [6.07, 6.45) is -0.999. The van der Waals surface area contributed by atoms with Gasteiger partial charge in [-0.1, -0.05) is 13.2 Å². The van der Waals surface area contributed by atoms with Crippen molar-refractivity contribution in [3.8, 4) is 23.0 Å². The van der Waals surface area contributed by atoms with Crippen LogP contribution in [-0.2, 0) is 47.5 Å². The number of fused-ring (bicyclic) bond motifs is 1. The summed E-state index contributed by atoms with van der Waals surface area (Å²) < 4.78 is 63.7. The Kier molecular flexibility index (Phi) is 18.7. The van der Waals surface area contributed by atoms with Gasteiger partial charge in [0.15, 0.2) is 12.2 Å². The van der Waals surface area contributed by atoms with Crippen LogP contribution in [0.1, 0.15) is 67.1 Å². The van der Waals surface area contributed by atoms with Crippen LogP contribution < -0.4 is 18.9 Å². The summed E-state index contributed by atoms with van der Waals surface area (Å²) in [7, 11) is 0. The van der Waals surface area contributed by atoms with Crippen LogP contribution in [0, 0.1) is 0 Å². The van der Waals surface area contributed by atoms with E-state index in [1.165, 1.54) is 97.1 Å². The molecule has 0 amide bonds. The molecule has 2 aliphatic rings. The third-order valence-corrected chi connectivity index (χ3v) is 10.0. The molecular formula is C50H46O20. The lowest BCUT2D eigenvalue weighted by Gasteiger charge is -2.17. The molecule has 4 aromatic carbocycles. The molecule has 1 unspecified atom stereocenters. The van der Waals surface area contributed by atoms with E-state index >= 15 is 0 Å². The summed E-state index contributed by atoms with van der Waals surface area (Å²) in [4.78, 5) is 97.6. The maximum atomic E-state index is 13.1. The number of hydrogen-bond acceptors (Lipinski definition) is 20. The molecule has 4 aromatic rings. The second-order valence-corrected chi connectivity index (χ2v) is 14.9. The standard InChI is InChI=1S/C50H46O20/c1-3-41(51)59-25-5-7-27-61-49(57)67-37-21-13-31(14-22-37)45(53)65-35-17-9-33(10-18-35)47(55)69-39-29-63-44-40(30-64-43(39)44)70-48(56)34-11-19-36(20-12-34)66-46(54)32-15-23-38(24-16-32)68-50(58)62-28-8-6-26-60-42(52)4-2/h3-4,9-24,39-40,43-44H,1-2,5-8,25-30H2/t39-,40?,43+,44+/m1/s1. The molecule has 0 saturated carbocycles. The highest BCUT2D eigenvalue weighted by Crippen LogP contribution is 2.32. The Bertz CT molecular complexity index is 2320. The summed E-state index contributed by atoms with van der Waals surface area (Å²) >= 11 is 0. The van der Waals surface area contributed by atoms with Crippen LogP contribution in [-0.4, -0.2) is 112 Å². The molecule has 2 aliphatic heterocycles. The predicted molar refractivity (Wildman–Crippen MR) is 238 cm³/mol. The molecule has 20 heteroatoms. The van der Waals surface area contributed by atoms with Crippen LogP contribution in [0.15, 0.2) is 122 Å². The Hall–Kier alpha value is -8.36. The van der Waals surface area contributed by atoms with Gasteiger partial charge in [-0.3, -0.25) is 0 Å². The van der Waals surface area contributed by atoms with Gasteiger partial charge in [0.05, 0.1) is 61.9 Å². The van der Waals surface area contributed by atoms with E-state index in [1.807, 2.05) is 0 Å². The van der Waals surface area contributed by atoms with E-state index in [4.69, 9.17) is 56.8 Å². The Morgan fingerprint density at radius 2 is 0.700 bits per heavy atom. The van der Waals surface area contributed by atoms with Crippen LogP contribution in [0.4, 0.5) is 9.59 Å². The number of benzene rings is 4. The number of carbonyl (C=O) groups is 8. The van der Waals surface area contributed by atoms with Gasteiger partial charge < -0.3 is 56.8 Å². The normalized spacial score (nSPS) is 16.5. The van der Waals surface area contributed by atoms with Crippen LogP contribution in [0.5, 0.6) is 23.0 Å². The quantitative estimate of drug-likeness (QED) is 0.0198. The number of carbonyl (C=O) groups excluding carboxylic acids is 8. The molecule has 70 heavy (non-hydrogen) atoms. The number of rotatable bonds is 22. The molecule has 0 aromatic heterocycles. The van der Waals surface area contributed by atoms with Crippen molar-refractivity contribution in [1.82, 2.24) is 0 Å². The fourth-order valence-corrected chi connectivity index (χ4v) is 6.44. The summed E-state index contributed by atoms with van der Waals surface area (Å²) in [5, 5.41) is 0. The minimum atomic E-state index is -0.945. The molecule has 2 heterocycles. The van der Waals surface area contributed by atoms with Gasteiger partial charge in [0.1, 0.15) is 35.2 Å². The summed E-state index contributed by atoms with van der Waals surface area (Å²) in [5.41, 5.74) is 0.613. The Balaban J connectivity index is 0.876. The number of esters is 6. The number of hydrogen-bond donors (Lipinski definition) is 0. The third kappa shape index (κ3) is 15.3. The van der Waals surface area contributed by atoms with E-state index in [2.05, 4.69) is 13.2 Å². The van der Waals surface area contributed by atoms with E-state index in [1.54, 1.807) is 0 Å². The molecule has 0 radical (unpaired) electrons. The van der Waals surface area contributed by atoms with E-state index in [0.717, 1.165) is 12.2 Å². The van der Waals surface area contributed by atoms with Crippen LogP contribution in [0.3, 0.4) is 0 Å². The molecule has 2 saturated heterocycles. The minimum absolute atomic E-state index is 0.0198. The second kappa shape index (κ2) is 25.7. The fourth-order valence-electron chi connectivity index (χ4n) is 6.44. The van der Waals surface area contributed by atoms with Crippen molar-refractivity contribution in [3.05, 3.63) is 145 Å². The first kappa shape index (κ1) is 51.0. The van der Waals surface area contributed by atoms with Gasteiger partial charge in [-0.05, 0) is 123 Å². The third-order valence-electron chi connectivity index (χ3n) is 10.0. The SMILES string of the molecule is C=CC(=O)OCCCCOC(=O)Oc1ccc(C(=O)Oc2ccc(C(=O)OC3CO[C@H]4[C@H](OC(=O)c5ccc(OC(=O)c6ccc(OC(=O)OCCCCOC(=O)C=C)cc6)cc5)CO[C@@H]34)cc2)cc1. The monoisotopic (exact) mass is 966 g/mol. The van der Waals surface area contributed by atoms with Crippen LogP contribution >= 0.6 is 0 Å². The van der Waals surface area contributed by atoms with Gasteiger partial charge in [0, 0.05) is 12.2 Å². The lowest BCUT2D eigenvalue weighted by molar-refractivity contribution is -0.138. The Morgan fingerprint density at radius 3 is 1.01 bits per heavy atom. The predicted octanol–water partition coefficient (Wildman–Crippen LogP) is 6.72. The van der Waals surface area contributed by atoms with E-state index in [-0.39, 0.29) is 84.9 Å². The highest BCUT2D eigenvalue weighted by Gasteiger charge is 2.51. The zero-order valence-electron chi connectivity index (χ0n) is 37.4. The smallest absolute Gasteiger partial charge is 0.463 e. The van der Waals surface area contributed by atoms with Crippen LogP contribution in [0.25, 0.3) is 0 Å². The maximum Gasteiger partial charge on any atom is 0.513 e. The highest BCUT2D eigenvalue weighted by molar-refractivity contribution is 5.93. The first-order valence-corrected chi connectivity index (χ1v) is 21.7. The minimum Gasteiger partial charge on any atom is -0.463 e. The first-order chi connectivity index (χ1) is 33.9. The van der Waals surface area contributed by atoms with Gasteiger partial charge in [-0.15, -0.1) is 0 Å². The van der Waals surface area contributed by atoms with Crippen molar-refractivity contribution in [1.29, 1.82) is 0 Å². The van der Waals surface area contributed by atoms with Gasteiger partial charge in [0.2, 0.25) is 0 Å². The van der Waals surface area contributed by atoms with Gasteiger partial charge >= 0.3 is 48.1 Å². The Morgan fingerprint density at radius 1 is 0.414 bits per heavy atom. The number of ether oxygens (including phenoxy) is 12. The summed E-state index contributed by atoms with van der Waals surface area (Å²) in [6, 6.07) is 22.4. The van der Waals surface area contributed by atoms with Crippen molar-refractivity contribution < 1.29 is 95.2 Å². The molecule has 6 rings (SSSR count). The summed E-state index contributed by atoms with van der Waals surface area (Å²) in [6.45, 7) is 6.98. The maximum absolute atomic E-state index is 13.1. The fraction of sp³-hybridized carbons (Fsp3) is 0.280. The Labute approximate surface area is 399 Å². The number of unbranched alkanes of at least 4 members (excludes halogenated alkanes) is 2. The second-order valence-electron chi connectivity index (χ2n) is 14.9. The zero-order valence-corrected chi connectivity index (χ0v) is 37.4. The van der Waals surface area contributed by atoms with Crippen molar-refractivity contribution >= 4 is 48.1 Å². The van der Waals surface area contributed by atoms with Crippen molar-refractivity contribution in [2.24, 2.45) is 0 Å². The molecule has 0 spiro atoms. The lowest BCUT2D eigenvalue weighted by atomic mass is 10.1. The molecule has 366 valence electrons. The molecule has 2 fully saturated rings. The molecular weight excluding hydrogens is 921 g/mol. The molecule has 0 bridgehead atoms. The molecule has 0 aliphatic carbocycles. The van der Waals surface area contributed by atoms with E-state index in [9.17, 15) is 38.4 Å². The average molecular weight is 967 g/mol. The largest absolute Gasteiger partial charge is 0.513 e. The molecule has 4 atom stereocenters. The van der Waals surface area contributed by atoms with Crippen molar-refractivity contribution in [3.63, 3.8) is 0 Å². The van der Waals surface area contributed by atoms with E-state index < -0.39 is 72.5 Å². The van der Waals surface area contributed by atoms with Gasteiger partial charge in [-0.2, -0.15) is 0 Å². The van der Waals surface area contributed by atoms with Crippen molar-refractivity contribution in [2.45, 2.75) is 50.1 Å². The molecule has 20 nitrogen and oxygen atoms in total. The van der Waals surface area contributed by atoms with Crippen LogP contribution in [0.2, 0.25) is 0 Å². The average Bonchev–Trinajstić information content (AvgIpc) is 3.96.